The Labute approximate surface area is 57.3 Å². The van der Waals surface area contributed by atoms with Gasteiger partial charge in [0.2, 0.25) is 0 Å². The first-order valence-corrected chi connectivity index (χ1v) is 3.32. The molecule has 0 amide bonds. The first-order chi connectivity index (χ1) is 3.50. The van der Waals surface area contributed by atoms with Crippen LogP contribution in [0.4, 0.5) is 0 Å². The summed E-state index contributed by atoms with van der Waals surface area (Å²) in [6.45, 7) is 2.75. The van der Waals surface area contributed by atoms with E-state index < -0.39 is 0 Å². The van der Waals surface area contributed by atoms with Crippen molar-refractivity contribution in [3.8, 4) is 0 Å². The van der Waals surface area contributed by atoms with Gasteiger partial charge < -0.3 is 17.7 Å². The van der Waals surface area contributed by atoms with E-state index in [2.05, 4.69) is 5.32 Å². The van der Waals surface area contributed by atoms with E-state index >= 15 is 0 Å². The molecule has 1 aliphatic heterocycles. The summed E-state index contributed by atoms with van der Waals surface area (Å²) < 4.78 is 0. The lowest BCUT2D eigenvalue weighted by Gasteiger charge is -1.88. The van der Waals surface area contributed by atoms with E-state index in [1.54, 1.807) is 0 Å². The fraction of sp³-hybridized carbons (Fsp3) is 1.00. The fourth-order valence-electron chi connectivity index (χ4n) is 1.08. The SMILES string of the molecule is C1CCC[NH2+]CC1.[Cl-]. The zero-order valence-corrected chi connectivity index (χ0v) is 5.95. The Kier molecular flexibility index (Phi) is 5.56. The fourth-order valence-corrected chi connectivity index (χ4v) is 1.08. The minimum atomic E-state index is 0. The van der Waals surface area contributed by atoms with Crippen LogP contribution in [0.3, 0.4) is 0 Å². The van der Waals surface area contributed by atoms with Crippen LogP contribution in [-0.2, 0) is 0 Å². The van der Waals surface area contributed by atoms with Crippen molar-refractivity contribution in [1.82, 2.24) is 0 Å². The topological polar surface area (TPSA) is 16.6 Å². The van der Waals surface area contributed by atoms with Crippen LogP contribution in [0.15, 0.2) is 0 Å². The maximum absolute atomic E-state index is 2.42. The minimum absolute atomic E-state index is 0. The number of halogens is 1. The third kappa shape index (κ3) is 3.28. The smallest absolute Gasteiger partial charge is 0.0755 e. The first kappa shape index (κ1) is 8.25. The van der Waals surface area contributed by atoms with Crippen LogP contribution in [0.2, 0.25) is 0 Å². The average molecular weight is 136 g/mol. The summed E-state index contributed by atoms with van der Waals surface area (Å²) in [5.74, 6) is 0. The summed E-state index contributed by atoms with van der Waals surface area (Å²) in [4.78, 5) is 0. The Bertz CT molecular complexity index is 28.1. The highest BCUT2D eigenvalue weighted by atomic mass is 35.5. The molecule has 0 bridgehead atoms. The molecule has 0 aliphatic carbocycles. The zero-order chi connectivity index (χ0) is 4.95. The van der Waals surface area contributed by atoms with Crippen molar-refractivity contribution >= 4 is 0 Å². The van der Waals surface area contributed by atoms with Crippen LogP contribution in [0, 0.1) is 0 Å². The first-order valence-electron chi connectivity index (χ1n) is 3.32. The molecule has 8 heavy (non-hydrogen) atoms. The van der Waals surface area contributed by atoms with Gasteiger partial charge in [-0.2, -0.15) is 0 Å². The van der Waals surface area contributed by atoms with E-state index in [0.717, 1.165) is 0 Å². The van der Waals surface area contributed by atoms with Gasteiger partial charge in [-0.3, -0.25) is 0 Å². The predicted octanol–water partition coefficient (Wildman–Crippen LogP) is -2.87. The van der Waals surface area contributed by atoms with Gasteiger partial charge in [-0.15, -0.1) is 0 Å². The summed E-state index contributed by atoms with van der Waals surface area (Å²) in [5, 5.41) is 2.42. The Balaban J connectivity index is 0.000000490. The van der Waals surface area contributed by atoms with Crippen LogP contribution in [0.1, 0.15) is 25.7 Å². The molecule has 0 aromatic carbocycles. The molecule has 1 saturated heterocycles. The molecule has 0 saturated carbocycles. The number of hydrogen-bond acceptors (Lipinski definition) is 0. The molecule has 0 aromatic rings. The van der Waals surface area contributed by atoms with Gasteiger partial charge >= 0.3 is 0 Å². The van der Waals surface area contributed by atoms with Crippen LogP contribution in [0.25, 0.3) is 0 Å². The maximum atomic E-state index is 2.42. The van der Waals surface area contributed by atoms with Crippen LogP contribution < -0.4 is 17.7 Å². The highest BCUT2D eigenvalue weighted by molar-refractivity contribution is 4.42. The Morgan fingerprint density at radius 1 is 0.750 bits per heavy atom. The summed E-state index contributed by atoms with van der Waals surface area (Å²) in [6.07, 6.45) is 5.83. The molecular formula is C6H14ClN. The highest BCUT2D eigenvalue weighted by Gasteiger charge is 1.97. The van der Waals surface area contributed by atoms with Crippen molar-refractivity contribution < 1.29 is 17.7 Å². The lowest BCUT2D eigenvalue weighted by atomic mass is 10.2. The zero-order valence-electron chi connectivity index (χ0n) is 5.20. The molecule has 1 rings (SSSR count). The molecule has 0 atom stereocenters. The van der Waals surface area contributed by atoms with E-state index in [-0.39, 0.29) is 12.4 Å². The van der Waals surface area contributed by atoms with Gasteiger partial charge in [0.15, 0.2) is 0 Å². The van der Waals surface area contributed by atoms with Gasteiger partial charge in [-0.05, 0) is 25.7 Å². The minimum Gasteiger partial charge on any atom is -1.00 e. The molecule has 2 heteroatoms. The molecule has 1 nitrogen and oxygen atoms in total. The third-order valence-electron chi connectivity index (χ3n) is 1.57. The monoisotopic (exact) mass is 135 g/mol. The Morgan fingerprint density at radius 3 is 1.75 bits per heavy atom. The Morgan fingerprint density at radius 2 is 1.25 bits per heavy atom. The van der Waals surface area contributed by atoms with Crippen molar-refractivity contribution in [2.75, 3.05) is 13.1 Å². The van der Waals surface area contributed by atoms with Gasteiger partial charge in [0, 0.05) is 0 Å². The third-order valence-corrected chi connectivity index (χ3v) is 1.57. The predicted molar refractivity (Wildman–Crippen MR) is 30.1 cm³/mol. The van der Waals surface area contributed by atoms with Gasteiger partial charge in [-0.1, -0.05) is 0 Å². The lowest BCUT2D eigenvalue weighted by Crippen LogP contribution is -3.00. The molecule has 1 fully saturated rings. The normalized spacial score (nSPS) is 21.0. The second kappa shape index (κ2) is 5.39. The second-order valence-electron chi connectivity index (χ2n) is 2.28. The standard InChI is InChI=1S/C6H13N.ClH/c1-2-4-6-7-5-3-1;/h7H,1-6H2;1H. The molecule has 0 unspecified atom stereocenters. The van der Waals surface area contributed by atoms with E-state index in [1.807, 2.05) is 0 Å². The molecule has 1 heterocycles. The van der Waals surface area contributed by atoms with Crippen LogP contribution >= 0.6 is 0 Å². The lowest BCUT2D eigenvalue weighted by molar-refractivity contribution is -0.653. The quantitative estimate of drug-likeness (QED) is 0.368. The van der Waals surface area contributed by atoms with Crippen molar-refractivity contribution in [1.29, 1.82) is 0 Å². The Hall–Kier alpha value is 0.250. The molecular weight excluding hydrogens is 122 g/mol. The average Bonchev–Trinajstić information content (AvgIpc) is 1.90. The molecule has 0 radical (unpaired) electrons. The number of hydrogen-bond donors (Lipinski definition) is 1. The number of quaternary nitrogens is 1. The van der Waals surface area contributed by atoms with E-state index in [1.165, 1.54) is 38.8 Å². The molecule has 0 spiro atoms. The number of nitrogens with two attached hydrogens (primary N) is 1. The molecule has 0 aromatic heterocycles. The van der Waals surface area contributed by atoms with Crippen molar-refractivity contribution in [2.24, 2.45) is 0 Å². The van der Waals surface area contributed by atoms with E-state index in [0.29, 0.717) is 0 Å². The van der Waals surface area contributed by atoms with Crippen molar-refractivity contribution in [3.63, 3.8) is 0 Å². The number of rotatable bonds is 0. The van der Waals surface area contributed by atoms with Crippen LogP contribution in [0.5, 0.6) is 0 Å². The van der Waals surface area contributed by atoms with E-state index in [9.17, 15) is 0 Å². The summed E-state index contributed by atoms with van der Waals surface area (Å²) in [5.41, 5.74) is 0. The van der Waals surface area contributed by atoms with Crippen LogP contribution in [-0.4, -0.2) is 13.1 Å². The van der Waals surface area contributed by atoms with Crippen molar-refractivity contribution in [3.05, 3.63) is 0 Å². The summed E-state index contributed by atoms with van der Waals surface area (Å²) >= 11 is 0. The van der Waals surface area contributed by atoms with Gasteiger partial charge in [0.25, 0.3) is 0 Å². The highest BCUT2D eigenvalue weighted by Crippen LogP contribution is 1.97. The molecule has 50 valence electrons. The maximum Gasteiger partial charge on any atom is 0.0755 e. The van der Waals surface area contributed by atoms with Gasteiger partial charge in [0.1, 0.15) is 0 Å². The van der Waals surface area contributed by atoms with E-state index in [4.69, 9.17) is 0 Å². The van der Waals surface area contributed by atoms with Crippen molar-refractivity contribution in [2.45, 2.75) is 25.7 Å². The molecule has 1 aliphatic rings. The second-order valence-corrected chi connectivity index (χ2v) is 2.28. The summed E-state index contributed by atoms with van der Waals surface area (Å²) in [7, 11) is 0. The molecule has 2 N–H and O–H groups in total. The van der Waals surface area contributed by atoms with Gasteiger partial charge in [0.05, 0.1) is 13.1 Å². The largest absolute Gasteiger partial charge is 1.00 e. The summed E-state index contributed by atoms with van der Waals surface area (Å²) in [6, 6.07) is 0. The van der Waals surface area contributed by atoms with Gasteiger partial charge in [-0.25, -0.2) is 0 Å².